The van der Waals surface area contributed by atoms with Crippen LogP contribution in [0, 0.1) is 6.92 Å². The lowest BCUT2D eigenvalue weighted by molar-refractivity contribution is 0.248. The molecular weight excluding hydrogens is 260 g/mol. The van der Waals surface area contributed by atoms with Gasteiger partial charge in [0.05, 0.1) is 11.7 Å². The van der Waals surface area contributed by atoms with Gasteiger partial charge in [0, 0.05) is 16.1 Å². The summed E-state index contributed by atoms with van der Waals surface area (Å²) in [6.45, 7) is 3.97. The maximum absolute atomic E-state index is 11.4. The van der Waals surface area contributed by atoms with Gasteiger partial charge in [-0.05, 0) is 31.5 Å². The van der Waals surface area contributed by atoms with Crippen molar-refractivity contribution in [3.63, 3.8) is 0 Å². The van der Waals surface area contributed by atoms with Crippen molar-refractivity contribution >= 4 is 28.2 Å². The van der Waals surface area contributed by atoms with Gasteiger partial charge in [0.1, 0.15) is 0 Å². The van der Waals surface area contributed by atoms with Gasteiger partial charge in [-0.2, -0.15) is 0 Å². The molecule has 0 aliphatic carbocycles. The molecule has 1 aromatic carbocycles. The van der Waals surface area contributed by atoms with Crippen LogP contribution in [0.5, 0.6) is 0 Å². The number of carbonyl (C=O) groups excluding carboxylic acids is 1. The summed E-state index contributed by atoms with van der Waals surface area (Å²) in [4.78, 5) is 16.9. The molecule has 98 valence electrons. The smallest absolute Gasteiger partial charge is 0.319 e. The van der Waals surface area contributed by atoms with Crippen LogP contribution in [0.15, 0.2) is 18.2 Å². The molecule has 1 aromatic heterocycles. The normalized spacial score (nSPS) is 17.6. The lowest BCUT2D eigenvalue weighted by Crippen LogP contribution is -2.36. The standard InChI is InChI=1S/C13H14N4OS/c1-6-9-5-8(11-7(2)19-12(14)17-11)3-4-10(9)16-13(18)15-6/h3-6H,1-2H3,(H2,14,17)(H2,15,16,18). The van der Waals surface area contributed by atoms with Crippen molar-refractivity contribution in [3.05, 3.63) is 28.6 Å². The Balaban J connectivity index is 2.09. The summed E-state index contributed by atoms with van der Waals surface area (Å²) < 4.78 is 0. The van der Waals surface area contributed by atoms with E-state index in [2.05, 4.69) is 15.6 Å². The molecule has 6 heteroatoms. The molecule has 0 radical (unpaired) electrons. The quantitative estimate of drug-likeness (QED) is 0.748. The number of hydrogen-bond donors (Lipinski definition) is 3. The van der Waals surface area contributed by atoms with E-state index in [0.29, 0.717) is 5.13 Å². The van der Waals surface area contributed by atoms with Gasteiger partial charge in [-0.25, -0.2) is 9.78 Å². The Hall–Kier alpha value is -2.08. The fourth-order valence-corrected chi connectivity index (χ4v) is 3.01. The first-order valence-corrected chi connectivity index (χ1v) is 6.81. The Labute approximate surface area is 114 Å². The zero-order chi connectivity index (χ0) is 13.6. The number of rotatable bonds is 1. The number of nitrogens with one attached hydrogen (secondary N) is 2. The monoisotopic (exact) mass is 274 g/mol. The third-order valence-electron chi connectivity index (χ3n) is 3.20. The minimum absolute atomic E-state index is 0.0139. The van der Waals surface area contributed by atoms with Gasteiger partial charge in [0.2, 0.25) is 0 Å². The highest BCUT2D eigenvalue weighted by Crippen LogP contribution is 2.34. The van der Waals surface area contributed by atoms with Crippen LogP contribution >= 0.6 is 11.3 Å². The van der Waals surface area contributed by atoms with E-state index in [1.165, 1.54) is 11.3 Å². The van der Waals surface area contributed by atoms with Crippen LogP contribution in [0.4, 0.5) is 15.6 Å². The first kappa shape index (κ1) is 12.0. The summed E-state index contributed by atoms with van der Waals surface area (Å²) in [6.07, 6.45) is 0. The van der Waals surface area contributed by atoms with E-state index in [-0.39, 0.29) is 12.1 Å². The van der Waals surface area contributed by atoms with Crippen LogP contribution in [0.1, 0.15) is 23.4 Å². The van der Waals surface area contributed by atoms with Gasteiger partial charge < -0.3 is 16.4 Å². The van der Waals surface area contributed by atoms with Crippen molar-refractivity contribution in [3.8, 4) is 11.3 Å². The first-order valence-electron chi connectivity index (χ1n) is 5.99. The van der Waals surface area contributed by atoms with Crippen molar-refractivity contribution in [2.75, 3.05) is 11.1 Å². The molecule has 0 saturated heterocycles. The number of aryl methyl sites for hydroxylation is 1. The fraction of sp³-hybridized carbons (Fsp3) is 0.231. The minimum Gasteiger partial charge on any atom is -0.375 e. The zero-order valence-corrected chi connectivity index (χ0v) is 11.5. The lowest BCUT2D eigenvalue weighted by atomic mass is 9.99. The van der Waals surface area contributed by atoms with Gasteiger partial charge in [-0.15, -0.1) is 11.3 Å². The van der Waals surface area contributed by atoms with Gasteiger partial charge in [-0.1, -0.05) is 6.07 Å². The number of nitrogen functional groups attached to an aromatic ring is 1. The maximum atomic E-state index is 11.4. The number of anilines is 2. The zero-order valence-electron chi connectivity index (χ0n) is 10.7. The van der Waals surface area contributed by atoms with E-state index in [1.807, 2.05) is 32.0 Å². The van der Waals surface area contributed by atoms with Crippen molar-refractivity contribution in [2.24, 2.45) is 0 Å². The Morgan fingerprint density at radius 2 is 2.21 bits per heavy atom. The van der Waals surface area contributed by atoms with E-state index in [4.69, 9.17) is 5.73 Å². The molecule has 5 nitrogen and oxygen atoms in total. The van der Waals surface area contributed by atoms with E-state index < -0.39 is 0 Å². The molecule has 0 saturated carbocycles. The van der Waals surface area contributed by atoms with Gasteiger partial charge in [0.25, 0.3) is 0 Å². The highest BCUT2D eigenvalue weighted by Gasteiger charge is 2.21. The summed E-state index contributed by atoms with van der Waals surface area (Å²) in [5, 5.41) is 6.21. The second-order valence-electron chi connectivity index (χ2n) is 4.58. The molecule has 1 aliphatic heterocycles. The molecule has 2 heterocycles. The molecule has 19 heavy (non-hydrogen) atoms. The van der Waals surface area contributed by atoms with Crippen LogP contribution < -0.4 is 16.4 Å². The Morgan fingerprint density at radius 3 is 2.89 bits per heavy atom. The predicted octanol–water partition coefficient (Wildman–Crippen LogP) is 2.90. The van der Waals surface area contributed by atoms with Crippen molar-refractivity contribution < 1.29 is 4.79 Å². The van der Waals surface area contributed by atoms with E-state index >= 15 is 0 Å². The van der Waals surface area contributed by atoms with Crippen LogP contribution in [0.2, 0.25) is 0 Å². The Bertz CT molecular complexity index is 665. The summed E-state index contributed by atoms with van der Waals surface area (Å²) >= 11 is 1.48. The molecule has 0 spiro atoms. The molecule has 3 rings (SSSR count). The van der Waals surface area contributed by atoms with Crippen LogP contribution in [-0.4, -0.2) is 11.0 Å². The number of nitrogens with zero attached hydrogens (tertiary/aromatic N) is 1. The Kier molecular flexibility index (Phi) is 2.67. The van der Waals surface area contributed by atoms with Gasteiger partial charge >= 0.3 is 6.03 Å². The number of amides is 2. The topological polar surface area (TPSA) is 80.0 Å². The number of thiazole rings is 1. The van der Waals surface area contributed by atoms with Crippen LogP contribution in [-0.2, 0) is 0 Å². The molecule has 1 unspecified atom stereocenters. The van der Waals surface area contributed by atoms with Gasteiger partial charge in [0.15, 0.2) is 5.13 Å². The first-order chi connectivity index (χ1) is 9.04. The number of carbonyl (C=O) groups is 1. The fourth-order valence-electron chi connectivity index (χ4n) is 2.30. The number of benzene rings is 1. The molecule has 0 bridgehead atoms. The van der Waals surface area contributed by atoms with Crippen molar-refractivity contribution in [1.82, 2.24) is 10.3 Å². The minimum atomic E-state index is -0.165. The molecule has 0 fully saturated rings. The summed E-state index contributed by atoms with van der Waals surface area (Å²) in [6, 6.07) is 5.74. The molecule has 1 atom stereocenters. The predicted molar refractivity (Wildman–Crippen MR) is 77.3 cm³/mol. The van der Waals surface area contributed by atoms with Crippen LogP contribution in [0.3, 0.4) is 0 Å². The summed E-state index contributed by atoms with van der Waals surface area (Å²) in [7, 11) is 0. The molecule has 2 amide bonds. The number of nitrogens with two attached hydrogens (primary N) is 1. The number of hydrogen-bond acceptors (Lipinski definition) is 4. The van der Waals surface area contributed by atoms with Crippen LogP contribution in [0.25, 0.3) is 11.3 Å². The average molecular weight is 274 g/mol. The SMILES string of the molecule is Cc1sc(N)nc1-c1ccc2c(c1)C(C)NC(=O)N2. The Morgan fingerprint density at radius 1 is 1.42 bits per heavy atom. The maximum Gasteiger partial charge on any atom is 0.319 e. The molecule has 2 aromatic rings. The van der Waals surface area contributed by atoms with Gasteiger partial charge in [-0.3, -0.25) is 0 Å². The number of aromatic nitrogens is 1. The summed E-state index contributed by atoms with van der Waals surface area (Å²) in [5.74, 6) is 0. The van der Waals surface area contributed by atoms with E-state index in [0.717, 1.165) is 27.4 Å². The highest BCUT2D eigenvalue weighted by atomic mass is 32.1. The average Bonchev–Trinajstić information content (AvgIpc) is 2.68. The molecule has 1 aliphatic rings. The highest BCUT2D eigenvalue weighted by molar-refractivity contribution is 7.15. The summed E-state index contributed by atoms with van der Waals surface area (Å²) in [5.41, 5.74) is 9.58. The second-order valence-corrected chi connectivity index (χ2v) is 5.81. The molecule has 4 N–H and O–H groups in total. The number of fused-ring (bicyclic) bond motifs is 1. The van der Waals surface area contributed by atoms with Crippen molar-refractivity contribution in [2.45, 2.75) is 19.9 Å². The number of urea groups is 1. The largest absolute Gasteiger partial charge is 0.375 e. The van der Waals surface area contributed by atoms with Crippen molar-refractivity contribution in [1.29, 1.82) is 0 Å². The third-order valence-corrected chi connectivity index (χ3v) is 4.00. The van der Waals surface area contributed by atoms with E-state index in [1.54, 1.807) is 0 Å². The van der Waals surface area contributed by atoms with E-state index in [9.17, 15) is 4.79 Å². The molecular formula is C13H14N4OS. The second kappa shape index (κ2) is 4.24. The third kappa shape index (κ3) is 2.04. The lowest BCUT2D eigenvalue weighted by Gasteiger charge is -2.24.